The molecule has 0 atom stereocenters. The van der Waals surface area contributed by atoms with Gasteiger partial charge in [-0.05, 0) is 56.4 Å². The van der Waals surface area contributed by atoms with Crippen molar-refractivity contribution >= 4 is 16.6 Å². The Hall–Kier alpha value is -1.81. The van der Waals surface area contributed by atoms with Crippen LogP contribution in [0.15, 0.2) is 35.1 Å². The van der Waals surface area contributed by atoms with Gasteiger partial charge in [-0.15, -0.1) is 0 Å². The molecule has 1 saturated heterocycles. The number of aromatic nitrogens is 1. The first-order chi connectivity index (χ1) is 9.65. The predicted octanol–water partition coefficient (Wildman–Crippen LogP) is 1.93. The van der Waals surface area contributed by atoms with E-state index in [1.807, 2.05) is 30.3 Å². The van der Waals surface area contributed by atoms with Gasteiger partial charge in [0.05, 0.1) is 0 Å². The molecule has 4 heteroatoms. The molecule has 0 radical (unpaired) electrons. The first-order valence-corrected chi connectivity index (χ1v) is 7.22. The summed E-state index contributed by atoms with van der Waals surface area (Å²) in [4.78, 5) is 14.9. The number of benzene rings is 1. The summed E-state index contributed by atoms with van der Waals surface area (Å²) in [5.41, 5.74) is 6.13. The molecule has 2 N–H and O–H groups in total. The minimum absolute atomic E-state index is 0.0412. The molecular formula is C16H21N3O. The summed E-state index contributed by atoms with van der Waals surface area (Å²) in [5, 5.41) is 1.68. The van der Waals surface area contributed by atoms with Gasteiger partial charge in [-0.3, -0.25) is 9.36 Å². The van der Waals surface area contributed by atoms with Gasteiger partial charge in [0.2, 0.25) is 0 Å². The highest BCUT2D eigenvalue weighted by molar-refractivity contribution is 5.83. The number of nitrogens with zero attached hydrogens (tertiary/aromatic N) is 2. The van der Waals surface area contributed by atoms with Crippen molar-refractivity contribution in [1.82, 2.24) is 9.47 Å². The van der Waals surface area contributed by atoms with Gasteiger partial charge < -0.3 is 10.6 Å². The first kappa shape index (κ1) is 13.2. The van der Waals surface area contributed by atoms with E-state index in [2.05, 4.69) is 11.9 Å². The SMILES string of the molecule is CN1CCC(Cn2c(N)cc3ccccc3c2=O)CC1. The van der Waals surface area contributed by atoms with Gasteiger partial charge in [0.25, 0.3) is 5.56 Å². The van der Waals surface area contributed by atoms with Crippen LogP contribution in [0.3, 0.4) is 0 Å². The summed E-state index contributed by atoms with van der Waals surface area (Å²) >= 11 is 0. The van der Waals surface area contributed by atoms with E-state index in [9.17, 15) is 4.79 Å². The third-order valence-corrected chi connectivity index (χ3v) is 4.33. The smallest absolute Gasteiger partial charge is 0.259 e. The van der Waals surface area contributed by atoms with Crippen LogP contribution in [0, 0.1) is 5.92 Å². The lowest BCUT2D eigenvalue weighted by molar-refractivity contribution is 0.205. The Balaban J connectivity index is 1.93. The quantitative estimate of drug-likeness (QED) is 0.908. The van der Waals surface area contributed by atoms with Crippen LogP contribution in [0.25, 0.3) is 10.8 Å². The maximum Gasteiger partial charge on any atom is 0.259 e. The summed E-state index contributed by atoms with van der Waals surface area (Å²) in [5.74, 6) is 1.12. The second kappa shape index (κ2) is 5.29. The third kappa shape index (κ3) is 2.43. The molecule has 1 aromatic heterocycles. The Labute approximate surface area is 118 Å². The van der Waals surface area contributed by atoms with Crippen molar-refractivity contribution in [3.05, 3.63) is 40.7 Å². The minimum Gasteiger partial charge on any atom is -0.385 e. The molecule has 0 spiro atoms. The fourth-order valence-electron chi connectivity index (χ4n) is 3.01. The molecule has 4 nitrogen and oxygen atoms in total. The topological polar surface area (TPSA) is 51.3 Å². The maximum absolute atomic E-state index is 12.6. The largest absolute Gasteiger partial charge is 0.385 e. The van der Waals surface area contributed by atoms with Crippen molar-refractivity contribution in [2.24, 2.45) is 5.92 Å². The summed E-state index contributed by atoms with van der Waals surface area (Å²) in [6, 6.07) is 9.56. The van der Waals surface area contributed by atoms with E-state index in [0.717, 1.165) is 43.2 Å². The number of rotatable bonds is 2. The van der Waals surface area contributed by atoms with Crippen molar-refractivity contribution < 1.29 is 0 Å². The van der Waals surface area contributed by atoms with Gasteiger partial charge >= 0.3 is 0 Å². The average Bonchev–Trinajstić information content (AvgIpc) is 2.45. The van der Waals surface area contributed by atoms with E-state index in [4.69, 9.17) is 5.73 Å². The standard InChI is InChI=1S/C16H21N3O/c1-18-8-6-12(7-9-18)11-19-15(17)10-13-4-2-3-5-14(13)16(19)20/h2-5,10,12H,6-9,11,17H2,1H3. The van der Waals surface area contributed by atoms with Crippen LogP contribution in [-0.4, -0.2) is 29.6 Å². The minimum atomic E-state index is 0.0412. The Kier molecular flexibility index (Phi) is 3.49. The second-order valence-electron chi connectivity index (χ2n) is 5.82. The third-order valence-electron chi connectivity index (χ3n) is 4.33. The van der Waals surface area contributed by atoms with Crippen LogP contribution in [0.1, 0.15) is 12.8 Å². The lowest BCUT2D eigenvalue weighted by atomic mass is 9.97. The van der Waals surface area contributed by atoms with Gasteiger partial charge in [-0.25, -0.2) is 0 Å². The molecular weight excluding hydrogens is 250 g/mol. The van der Waals surface area contributed by atoms with Gasteiger partial charge in [-0.1, -0.05) is 18.2 Å². The molecule has 1 aromatic carbocycles. The number of nitrogen functional groups attached to an aromatic ring is 1. The van der Waals surface area contributed by atoms with Crippen molar-refractivity contribution in [3.8, 4) is 0 Å². The molecule has 0 bridgehead atoms. The zero-order valence-electron chi connectivity index (χ0n) is 11.9. The van der Waals surface area contributed by atoms with E-state index in [-0.39, 0.29) is 5.56 Å². The summed E-state index contributed by atoms with van der Waals surface area (Å²) in [7, 11) is 2.15. The average molecular weight is 271 g/mol. The number of hydrogen-bond acceptors (Lipinski definition) is 3. The number of hydrogen-bond donors (Lipinski definition) is 1. The number of nitrogens with two attached hydrogens (primary N) is 1. The number of fused-ring (bicyclic) bond motifs is 1. The van der Waals surface area contributed by atoms with E-state index >= 15 is 0 Å². The van der Waals surface area contributed by atoms with Gasteiger partial charge in [0.15, 0.2) is 0 Å². The Morgan fingerprint density at radius 1 is 1.25 bits per heavy atom. The number of pyridine rings is 1. The molecule has 1 aliphatic rings. The predicted molar refractivity (Wildman–Crippen MR) is 82.8 cm³/mol. The normalized spacial score (nSPS) is 17.6. The highest BCUT2D eigenvalue weighted by atomic mass is 16.1. The molecule has 2 heterocycles. The second-order valence-corrected chi connectivity index (χ2v) is 5.82. The molecule has 1 fully saturated rings. The molecule has 1 aliphatic heterocycles. The van der Waals surface area contributed by atoms with E-state index in [0.29, 0.717) is 11.7 Å². The van der Waals surface area contributed by atoms with Crippen molar-refractivity contribution in [2.75, 3.05) is 25.9 Å². The molecule has 0 saturated carbocycles. The van der Waals surface area contributed by atoms with E-state index in [1.165, 1.54) is 0 Å². The highest BCUT2D eigenvalue weighted by Gasteiger charge is 2.18. The molecule has 20 heavy (non-hydrogen) atoms. The number of piperidine rings is 1. The van der Waals surface area contributed by atoms with Crippen molar-refractivity contribution in [3.63, 3.8) is 0 Å². The van der Waals surface area contributed by atoms with Crippen LogP contribution < -0.4 is 11.3 Å². The summed E-state index contributed by atoms with van der Waals surface area (Å²) < 4.78 is 1.75. The zero-order valence-corrected chi connectivity index (χ0v) is 11.9. The van der Waals surface area contributed by atoms with Gasteiger partial charge in [0.1, 0.15) is 5.82 Å². The van der Waals surface area contributed by atoms with Crippen LogP contribution in [0.5, 0.6) is 0 Å². The van der Waals surface area contributed by atoms with Crippen molar-refractivity contribution in [2.45, 2.75) is 19.4 Å². The van der Waals surface area contributed by atoms with Gasteiger partial charge in [-0.2, -0.15) is 0 Å². The molecule has 2 aromatic rings. The van der Waals surface area contributed by atoms with Gasteiger partial charge in [0, 0.05) is 11.9 Å². The lowest BCUT2D eigenvalue weighted by Crippen LogP contribution is -2.34. The fourth-order valence-corrected chi connectivity index (χ4v) is 3.01. The lowest BCUT2D eigenvalue weighted by Gasteiger charge is -2.29. The summed E-state index contributed by atoms with van der Waals surface area (Å²) in [6.07, 6.45) is 2.27. The molecule has 3 rings (SSSR count). The molecule has 0 unspecified atom stereocenters. The van der Waals surface area contributed by atoms with E-state index < -0.39 is 0 Å². The Morgan fingerprint density at radius 2 is 1.95 bits per heavy atom. The van der Waals surface area contributed by atoms with Crippen LogP contribution in [-0.2, 0) is 6.54 Å². The summed E-state index contributed by atoms with van der Waals surface area (Å²) in [6.45, 7) is 2.95. The van der Waals surface area contributed by atoms with Crippen molar-refractivity contribution in [1.29, 1.82) is 0 Å². The monoisotopic (exact) mass is 271 g/mol. The Bertz CT molecular complexity index is 669. The van der Waals surface area contributed by atoms with Crippen LogP contribution in [0.4, 0.5) is 5.82 Å². The Morgan fingerprint density at radius 3 is 2.70 bits per heavy atom. The first-order valence-electron chi connectivity index (χ1n) is 7.22. The number of anilines is 1. The van der Waals surface area contributed by atoms with E-state index in [1.54, 1.807) is 4.57 Å². The van der Waals surface area contributed by atoms with Crippen LogP contribution in [0.2, 0.25) is 0 Å². The molecule has 0 amide bonds. The molecule has 106 valence electrons. The highest BCUT2D eigenvalue weighted by Crippen LogP contribution is 2.20. The number of likely N-dealkylation sites (tertiary alicyclic amines) is 1. The fraction of sp³-hybridized carbons (Fsp3) is 0.438. The maximum atomic E-state index is 12.6. The molecule has 0 aliphatic carbocycles. The zero-order chi connectivity index (χ0) is 14.1. The van der Waals surface area contributed by atoms with Crippen LogP contribution >= 0.6 is 0 Å².